The molecule has 7 nitrogen and oxygen atoms in total. The Bertz CT molecular complexity index is 1290. The van der Waals surface area contributed by atoms with Crippen molar-refractivity contribution in [3.05, 3.63) is 58.2 Å². The zero-order chi connectivity index (χ0) is 22.9. The highest BCUT2D eigenvalue weighted by Crippen LogP contribution is 2.37. The van der Waals surface area contributed by atoms with Gasteiger partial charge in [-0.25, -0.2) is 4.68 Å². The lowest BCUT2D eigenvalue weighted by molar-refractivity contribution is -0.113. The first-order valence-corrected chi connectivity index (χ1v) is 12.8. The second kappa shape index (κ2) is 9.15. The van der Waals surface area contributed by atoms with Crippen molar-refractivity contribution in [2.45, 2.75) is 45.3 Å². The number of thiophene rings is 1. The number of benzene rings is 1. The molecule has 1 aliphatic rings. The Morgan fingerprint density at radius 2 is 2.09 bits per heavy atom. The van der Waals surface area contributed by atoms with E-state index < -0.39 is 0 Å². The summed E-state index contributed by atoms with van der Waals surface area (Å²) >= 11 is 2.98. The number of carbonyl (C=O) groups excluding carboxylic acids is 1. The second-order valence-electron chi connectivity index (χ2n) is 8.41. The highest BCUT2D eigenvalue weighted by atomic mass is 32.2. The number of rotatable bonds is 6. The number of aromatic nitrogens is 4. The van der Waals surface area contributed by atoms with Gasteiger partial charge in [0.15, 0.2) is 0 Å². The summed E-state index contributed by atoms with van der Waals surface area (Å²) in [6.07, 6.45) is 3.47. The van der Waals surface area contributed by atoms with Crippen LogP contribution in [0.4, 0.5) is 5.69 Å². The summed E-state index contributed by atoms with van der Waals surface area (Å²) in [7, 11) is 0. The number of nitrogens with zero attached hydrogens (tertiary/aromatic N) is 4. The van der Waals surface area contributed by atoms with Gasteiger partial charge in [0, 0.05) is 4.88 Å². The van der Waals surface area contributed by atoms with Crippen LogP contribution in [0.2, 0.25) is 0 Å². The predicted octanol–water partition coefficient (Wildman–Crippen LogP) is 5.46. The van der Waals surface area contributed by atoms with Crippen LogP contribution in [0, 0.1) is 19.8 Å². The molecule has 0 saturated carbocycles. The lowest BCUT2D eigenvalue weighted by atomic mass is 9.90. The number of amides is 1. The number of para-hydroxylation sites is 1. The molecule has 0 radical (unpaired) electrons. The van der Waals surface area contributed by atoms with E-state index in [1.807, 2.05) is 48.9 Å². The molecule has 3 heterocycles. The van der Waals surface area contributed by atoms with Gasteiger partial charge in [-0.2, -0.15) is 5.10 Å². The number of anilines is 1. The Morgan fingerprint density at radius 3 is 2.91 bits per heavy atom. The summed E-state index contributed by atoms with van der Waals surface area (Å²) < 4.78 is 7.68. The van der Waals surface area contributed by atoms with Crippen molar-refractivity contribution in [1.82, 2.24) is 20.0 Å². The Balaban J connectivity index is 1.22. The van der Waals surface area contributed by atoms with Gasteiger partial charge in [-0.05, 0) is 62.8 Å². The van der Waals surface area contributed by atoms with Crippen molar-refractivity contribution < 1.29 is 9.21 Å². The molecule has 0 bridgehead atoms. The number of nitrogens with one attached hydrogen (secondary N) is 1. The van der Waals surface area contributed by atoms with Gasteiger partial charge < -0.3 is 9.73 Å². The normalized spacial score (nSPS) is 15.4. The van der Waals surface area contributed by atoms with Crippen molar-refractivity contribution in [3.8, 4) is 16.5 Å². The predicted molar refractivity (Wildman–Crippen MR) is 131 cm³/mol. The van der Waals surface area contributed by atoms with E-state index >= 15 is 0 Å². The SMILES string of the molecule is Cc1nn(-c2ccccc2)c(C)c1NC(=O)CSc1nnc(-c2cc3c(s2)CCC(C)C3)o1. The monoisotopic (exact) mass is 479 g/mol. The number of thioether (sulfide) groups is 1. The van der Waals surface area contributed by atoms with Gasteiger partial charge in [-0.3, -0.25) is 4.79 Å². The van der Waals surface area contributed by atoms with Crippen LogP contribution in [-0.4, -0.2) is 31.6 Å². The van der Waals surface area contributed by atoms with E-state index in [1.54, 1.807) is 11.3 Å². The van der Waals surface area contributed by atoms with Gasteiger partial charge in [-0.15, -0.1) is 21.5 Å². The second-order valence-corrected chi connectivity index (χ2v) is 10.5. The minimum Gasteiger partial charge on any atom is -0.410 e. The Kier molecular flexibility index (Phi) is 6.07. The van der Waals surface area contributed by atoms with Crippen molar-refractivity contribution in [2.75, 3.05) is 11.1 Å². The number of aryl methyl sites for hydroxylation is 2. The highest BCUT2D eigenvalue weighted by molar-refractivity contribution is 7.99. The summed E-state index contributed by atoms with van der Waals surface area (Å²) in [5, 5.41) is 16.3. The summed E-state index contributed by atoms with van der Waals surface area (Å²) in [6, 6.07) is 12.0. The van der Waals surface area contributed by atoms with Crippen molar-refractivity contribution in [2.24, 2.45) is 5.92 Å². The molecule has 33 heavy (non-hydrogen) atoms. The zero-order valence-corrected chi connectivity index (χ0v) is 20.4. The van der Waals surface area contributed by atoms with E-state index in [4.69, 9.17) is 4.42 Å². The summed E-state index contributed by atoms with van der Waals surface area (Å²) in [5.74, 6) is 1.29. The molecule has 4 aromatic rings. The molecule has 170 valence electrons. The van der Waals surface area contributed by atoms with Crippen molar-refractivity contribution >= 4 is 34.7 Å². The molecule has 5 rings (SSSR count). The molecule has 1 N–H and O–H groups in total. The lowest BCUT2D eigenvalue weighted by Crippen LogP contribution is -2.15. The Hall–Kier alpha value is -2.91. The molecule has 1 atom stereocenters. The maximum Gasteiger partial charge on any atom is 0.277 e. The average Bonchev–Trinajstić information content (AvgIpc) is 3.52. The van der Waals surface area contributed by atoms with E-state index in [2.05, 4.69) is 33.6 Å². The van der Waals surface area contributed by atoms with Crippen molar-refractivity contribution in [1.29, 1.82) is 0 Å². The Morgan fingerprint density at radius 1 is 1.27 bits per heavy atom. The molecule has 3 aromatic heterocycles. The minimum absolute atomic E-state index is 0.140. The standard InChI is InChI=1S/C24H25N5O2S2/c1-14-9-10-19-17(11-14)12-20(33-19)23-26-27-24(31-23)32-13-21(30)25-22-15(2)28-29(16(22)3)18-7-5-4-6-8-18/h4-8,12,14H,9-11,13H2,1-3H3,(H,25,30). The van der Waals surface area contributed by atoms with E-state index in [0.717, 1.165) is 46.4 Å². The first kappa shape index (κ1) is 21.9. The number of hydrogen-bond acceptors (Lipinski definition) is 7. The van der Waals surface area contributed by atoms with Crippen LogP contribution in [0.5, 0.6) is 0 Å². The van der Waals surface area contributed by atoms with Gasteiger partial charge >= 0.3 is 0 Å². The molecule has 0 fully saturated rings. The minimum atomic E-state index is -0.140. The first-order chi connectivity index (χ1) is 16.0. The number of carbonyl (C=O) groups is 1. The quantitative estimate of drug-likeness (QED) is 0.370. The molecule has 1 aliphatic carbocycles. The van der Waals surface area contributed by atoms with Gasteiger partial charge in [-0.1, -0.05) is 36.9 Å². The van der Waals surface area contributed by atoms with E-state index in [-0.39, 0.29) is 11.7 Å². The van der Waals surface area contributed by atoms with E-state index in [0.29, 0.717) is 11.1 Å². The molecule has 0 saturated heterocycles. The van der Waals surface area contributed by atoms with Crippen LogP contribution >= 0.6 is 23.1 Å². The summed E-state index contributed by atoms with van der Waals surface area (Å²) in [4.78, 5) is 15.1. The molecule has 0 aliphatic heterocycles. The third-order valence-corrected chi connectivity index (χ3v) is 7.87. The zero-order valence-electron chi connectivity index (χ0n) is 18.8. The van der Waals surface area contributed by atoms with Crippen LogP contribution in [0.1, 0.15) is 35.2 Å². The number of fused-ring (bicyclic) bond motifs is 1. The highest BCUT2D eigenvalue weighted by Gasteiger charge is 2.21. The third-order valence-electron chi connectivity index (χ3n) is 5.83. The molecule has 0 spiro atoms. The topological polar surface area (TPSA) is 85.8 Å². The van der Waals surface area contributed by atoms with Gasteiger partial charge in [0.1, 0.15) is 0 Å². The van der Waals surface area contributed by atoms with Crippen LogP contribution in [0.25, 0.3) is 16.5 Å². The molecular formula is C24H25N5O2S2. The van der Waals surface area contributed by atoms with E-state index in [1.165, 1.54) is 28.6 Å². The van der Waals surface area contributed by atoms with Crippen LogP contribution in [-0.2, 0) is 17.6 Å². The molecular weight excluding hydrogens is 454 g/mol. The molecule has 9 heteroatoms. The maximum absolute atomic E-state index is 12.6. The average molecular weight is 480 g/mol. The maximum atomic E-state index is 12.6. The molecule has 1 aromatic carbocycles. The fraction of sp³-hybridized carbons (Fsp3) is 0.333. The largest absolute Gasteiger partial charge is 0.410 e. The fourth-order valence-electron chi connectivity index (χ4n) is 4.13. The van der Waals surface area contributed by atoms with Gasteiger partial charge in [0.25, 0.3) is 11.1 Å². The van der Waals surface area contributed by atoms with Crippen LogP contribution in [0.15, 0.2) is 46.0 Å². The van der Waals surface area contributed by atoms with Gasteiger partial charge in [0.05, 0.1) is 33.4 Å². The van der Waals surface area contributed by atoms with Crippen LogP contribution < -0.4 is 5.32 Å². The molecule has 1 unspecified atom stereocenters. The third kappa shape index (κ3) is 4.60. The fourth-order valence-corrected chi connectivity index (χ4v) is 5.82. The van der Waals surface area contributed by atoms with Crippen molar-refractivity contribution in [3.63, 3.8) is 0 Å². The first-order valence-electron chi connectivity index (χ1n) is 11.0. The summed E-state index contributed by atoms with van der Waals surface area (Å²) in [5.41, 5.74) is 4.74. The smallest absolute Gasteiger partial charge is 0.277 e. The van der Waals surface area contributed by atoms with Gasteiger partial charge in [0.2, 0.25) is 5.91 Å². The van der Waals surface area contributed by atoms with Crippen LogP contribution in [0.3, 0.4) is 0 Å². The number of hydrogen-bond donors (Lipinski definition) is 1. The molecule has 1 amide bonds. The van der Waals surface area contributed by atoms with E-state index in [9.17, 15) is 4.79 Å². The Labute approximate surface area is 200 Å². The lowest BCUT2D eigenvalue weighted by Gasteiger charge is -2.16. The summed E-state index contributed by atoms with van der Waals surface area (Å²) in [6.45, 7) is 6.13.